The molecule has 1 aliphatic heterocycles. The molecule has 6 heteroatoms. The Kier molecular flexibility index (Phi) is 4.44. The van der Waals surface area contributed by atoms with Gasteiger partial charge < -0.3 is 14.2 Å². The third kappa shape index (κ3) is 3.08. The van der Waals surface area contributed by atoms with Crippen LogP contribution in [0.2, 0.25) is 0 Å². The Labute approximate surface area is 152 Å². The summed E-state index contributed by atoms with van der Waals surface area (Å²) in [6, 6.07) is 13.8. The lowest BCUT2D eigenvalue weighted by Crippen LogP contribution is -2.37. The molecule has 1 aliphatic rings. The van der Waals surface area contributed by atoms with Gasteiger partial charge in [0, 0.05) is 26.3 Å². The van der Waals surface area contributed by atoms with Gasteiger partial charge in [0.25, 0.3) is 0 Å². The van der Waals surface area contributed by atoms with Gasteiger partial charge in [0.05, 0.1) is 17.6 Å². The van der Waals surface area contributed by atoms with Crippen LogP contribution in [0.15, 0.2) is 42.6 Å². The van der Waals surface area contributed by atoms with E-state index in [0.29, 0.717) is 24.0 Å². The predicted molar refractivity (Wildman–Crippen MR) is 100 cm³/mol. The summed E-state index contributed by atoms with van der Waals surface area (Å²) in [5.41, 5.74) is 2.69. The molecule has 3 heterocycles. The summed E-state index contributed by atoms with van der Waals surface area (Å²) in [6.07, 6.45) is 3.74. The monoisotopic (exact) mass is 347 g/mol. The molecule has 0 N–H and O–H groups in total. The lowest BCUT2D eigenvalue weighted by Gasteiger charge is -2.32. The fourth-order valence-electron chi connectivity index (χ4n) is 3.50. The largest absolute Gasteiger partial charge is 0.476 e. The summed E-state index contributed by atoms with van der Waals surface area (Å²) in [7, 11) is 2.07. The SMILES string of the molecule is Cn1c(N2CCC(COc3ncccc3C#N)CC2)nc2ccccc21. The summed E-state index contributed by atoms with van der Waals surface area (Å²) < 4.78 is 7.97. The number of pyridine rings is 1. The minimum atomic E-state index is 0.438. The van der Waals surface area contributed by atoms with Crippen molar-refractivity contribution in [1.82, 2.24) is 14.5 Å². The van der Waals surface area contributed by atoms with Crippen LogP contribution in [0.4, 0.5) is 5.95 Å². The number of hydrogen-bond donors (Lipinski definition) is 0. The van der Waals surface area contributed by atoms with Crippen molar-refractivity contribution in [3.8, 4) is 11.9 Å². The molecule has 0 radical (unpaired) electrons. The average molecular weight is 347 g/mol. The maximum atomic E-state index is 9.12. The van der Waals surface area contributed by atoms with Crippen molar-refractivity contribution in [2.75, 3.05) is 24.6 Å². The summed E-state index contributed by atoms with van der Waals surface area (Å²) in [4.78, 5) is 11.3. The van der Waals surface area contributed by atoms with Gasteiger partial charge in [-0.1, -0.05) is 12.1 Å². The highest BCUT2D eigenvalue weighted by Gasteiger charge is 2.23. The van der Waals surface area contributed by atoms with Crippen LogP contribution in [0.5, 0.6) is 5.88 Å². The van der Waals surface area contributed by atoms with E-state index in [0.717, 1.165) is 42.9 Å². The molecule has 0 saturated carbocycles. The van der Waals surface area contributed by atoms with Crippen LogP contribution in [0.25, 0.3) is 11.0 Å². The fourth-order valence-corrected chi connectivity index (χ4v) is 3.50. The molecule has 0 amide bonds. The van der Waals surface area contributed by atoms with E-state index >= 15 is 0 Å². The molecule has 132 valence electrons. The minimum absolute atomic E-state index is 0.438. The Balaban J connectivity index is 1.38. The van der Waals surface area contributed by atoms with E-state index in [1.54, 1.807) is 18.3 Å². The van der Waals surface area contributed by atoms with Gasteiger partial charge in [-0.05, 0) is 43.0 Å². The van der Waals surface area contributed by atoms with E-state index in [1.165, 1.54) is 0 Å². The molecule has 4 rings (SSSR count). The van der Waals surface area contributed by atoms with Crippen molar-refractivity contribution in [3.63, 3.8) is 0 Å². The first-order valence-electron chi connectivity index (χ1n) is 8.90. The molecule has 0 bridgehead atoms. The van der Waals surface area contributed by atoms with E-state index in [1.807, 2.05) is 12.1 Å². The van der Waals surface area contributed by atoms with Crippen LogP contribution >= 0.6 is 0 Å². The zero-order valence-corrected chi connectivity index (χ0v) is 14.8. The molecule has 0 aliphatic carbocycles. The Morgan fingerprint density at radius 3 is 2.77 bits per heavy atom. The lowest BCUT2D eigenvalue weighted by molar-refractivity contribution is 0.215. The Bertz CT molecular complexity index is 950. The maximum absolute atomic E-state index is 9.12. The molecule has 1 aromatic carbocycles. The van der Waals surface area contributed by atoms with Gasteiger partial charge in [0.2, 0.25) is 11.8 Å². The number of nitriles is 1. The van der Waals surface area contributed by atoms with E-state index in [-0.39, 0.29) is 0 Å². The number of piperidine rings is 1. The normalized spacial score (nSPS) is 15.2. The van der Waals surface area contributed by atoms with Crippen LogP contribution < -0.4 is 9.64 Å². The highest BCUT2D eigenvalue weighted by atomic mass is 16.5. The molecule has 1 fully saturated rings. The lowest BCUT2D eigenvalue weighted by atomic mass is 9.98. The Hall–Kier alpha value is -3.07. The number of fused-ring (bicyclic) bond motifs is 1. The number of aryl methyl sites for hydroxylation is 1. The molecule has 2 aromatic heterocycles. The average Bonchev–Trinajstić information content (AvgIpc) is 3.04. The molecule has 26 heavy (non-hydrogen) atoms. The second-order valence-electron chi connectivity index (χ2n) is 6.67. The zero-order valence-electron chi connectivity index (χ0n) is 14.8. The summed E-state index contributed by atoms with van der Waals surface area (Å²) in [5, 5.41) is 9.12. The number of para-hydroxylation sites is 2. The Morgan fingerprint density at radius 2 is 2.00 bits per heavy atom. The van der Waals surface area contributed by atoms with Crippen molar-refractivity contribution in [3.05, 3.63) is 48.2 Å². The third-order valence-electron chi connectivity index (χ3n) is 5.01. The second kappa shape index (κ2) is 7.04. The molecule has 0 unspecified atom stereocenters. The molecule has 0 atom stereocenters. The number of hydrogen-bond acceptors (Lipinski definition) is 5. The first-order valence-corrected chi connectivity index (χ1v) is 8.90. The third-order valence-corrected chi connectivity index (χ3v) is 5.01. The van der Waals surface area contributed by atoms with E-state index in [4.69, 9.17) is 15.0 Å². The predicted octanol–water partition coefficient (Wildman–Crippen LogP) is 3.14. The standard InChI is InChI=1S/C20H21N5O/c1-24-18-7-3-2-6-17(18)23-20(24)25-11-8-15(9-12-25)14-26-19-16(13-21)5-4-10-22-19/h2-7,10,15H,8-9,11-12,14H2,1H3. The number of nitrogens with zero attached hydrogens (tertiary/aromatic N) is 5. The van der Waals surface area contributed by atoms with Crippen LogP contribution in [-0.2, 0) is 7.05 Å². The van der Waals surface area contributed by atoms with Crippen molar-refractivity contribution >= 4 is 17.0 Å². The van der Waals surface area contributed by atoms with Crippen LogP contribution in [0.1, 0.15) is 18.4 Å². The zero-order chi connectivity index (χ0) is 17.9. The molecule has 6 nitrogen and oxygen atoms in total. The highest BCUT2D eigenvalue weighted by Crippen LogP contribution is 2.26. The van der Waals surface area contributed by atoms with Crippen LogP contribution in [0, 0.1) is 17.2 Å². The van der Waals surface area contributed by atoms with Gasteiger partial charge in [-0.25, -0.2) is 9.97 Å². The smallest absolute Gasteiger partial charge is 0.231 e. The van der Waals surface area contributed by atoms with Crippen LogP contribution in [-0.4, -0.2) is 34.2 Å². The van der Waals surface area contributed by atoms with Crippen molar-refractivity contribution in [2.45, 2.75) is 12.8 Å². The first kappa shape index (κ1) is 16.4. The van der Waals surface area contributed by atoms with E-state index in [2.05, 4.69) is 39.7 Å². The molecule has 1 saturated heterocycles. The fraction of sp³-hybridized carbons (Fsp3) is 0.350. The first-order chi connectivity index (χ1) is 12.8. The van der Waals surface area contributed by atoms with Gasteiger partial charge in [0.15, 0.2) is 0 Å². The van der Waals surface area contributed by atoms with E-state index in [9.17, 15) is 0 Å². The number of benzene rings is 1. The van der Waals surface area contributed by atoms with Crippen molar-refractivity contribution < 1.29 is 4.74 Å². The minimum Gasteiger partial charge on any atom is -0.476 e. The van der Waals surface area contributed by atoms with E-state index < -0.39 is 0 Å². The van der Waals surface area contributed by atoms with Gasteiger partial charge >= 0.3 is 0 Å². The van der Waals surface area contributed by atoms with Gasteiger partial charge in [-0.3, -0.25) is 0 Å². The highest BCUT2D eigenvalue weighted by molar-refractivity contribution is 5.78. The number of ether oxygens (including phenoxy) is 1. The molecule has 0 spiro atoms. The number of rotatable bonds is 4. The molecular formula is C20H21N5O. The van der Waals surface area contributed by atoms with Gasteiger partial charge in [-0.15, -0.1) is 0 Å². The molecule has 3 aromatic rings. The summed E-state index contributed by atoms with van der Waals surface area (Å²) in [6.45, 7) is 2.51. The molecular weight excluding hydrogens is 326 g/mol. The van der Waals surface area contributed by atoms with Crippen molar-refractivity contribution in [1.29, 1.82) is 5.26 Å². The van der Waals surface area contributed by atoms with Gasteiger partial charge in [0.1, 0.15) is 11.6 Å². The van der Waals surface area contributed by atoms with Crippen molar-refractivity contribution in [2.24, 2.45) is 13.0 Å². The van der Waals surface area contributed by atoms with Crippen LogP contribution in [0.3, 0.4) is 0 Å². The number of aromatic nitrogens is 3. The maximum Gasteiger partial charge on any atom is 0.231 e. The number of imidazole rings is 1. The topological polar surface area (TPSA) is 67.0 Å². The summed E-state index contributed by atoms with van der Waals surface area (Å²) in [5.74, 6) is 1.93. The second-order valence-corrected chi connectivity index (χ2v) is 6.67. The summed E-state index contributed by atoms with van der Waals surface area (Å²) >= 11 is 0. The Morgan fingerprint density at radius 1 is 1.19 bits per heavy atom. The van der Waals surface area contributed by atoms with Gasteiger partial charge in [-0.2, -0.15) is 5.26 Å². The quantitative estimate of drug-likeness (QED) is 0.725. The number of anilines is 1.